The van der Waals surface area contributed by atoms with E-state index in [1.54, 1.807) is 47.3 Å². The number of halogens is 3. The number of anilines is 1. The van der Waals surface area contributed by atoms with Gasteiger partial charge in [0.05, 0.1) is 17.8 Å². The SMILES string of the molecule is O=C1C(=Cc2ccc(F)cc2)CN(Cc2cn(CCNc3ccnc4cc(Cl)ccc34)nn2)CC1=Cc1ccc(F)cc1. The summed E-state index contributed by atoms with van der Waals surface area (Å²) in [6.07, 6.45) is 7.21. The Bertz CT molecular complexity index is 1770. The van der Waals surface area contributed by atoms with Gasteiger partial charge in [-0.05, 0) is 71.8 Å². The number of pyridine rings is 1. The molecule has 1 N–H and O–H groups in total. The number of benzene rings is 3. The Hall–Kier alpha value is -4.73. The highest BCUT2D eigenvalue weighted by Crippen LogP contribution is 2.25. The van der Waals surface area contributed by atoms with Crippen molar-refractivity contribution in [1.82, 2.24) is 24.9 Å². The topological polar surface area (TPSA) is 75.9 Å². The van der Waals surface area contributed by atoms with Crippen LogP contribution in [-0.2, 0) is 17.9 Å². The molecule has 1 aliphatic heterocycles. The summed E-state index contributed by atoms with van der Waals surface area (Å²) >= 11 is 6.10. The number of hydrogen-bond donors (Lipinski definition) is 1. The van der Waals surface area contributed by atoms with Crippen LogP contribution >= 0.6 is 11.6 Å². The molecule has 1 aliphatic rings. The number of carbonyl (C=O) groups is 1. The van der Waals surface area contributed by atoms with Gasteiger partial charge in [0.15, 0.2) is 5.78 Å². The molecule has 216 valence electrons. The maximum absolute atomic E-state index is 13.5. The number of nitrogens with one attached hydrogen (secondary N) is 1. The molecule has 3 heterocycles. The zero-order valence-electron chi connectivity index (χ0n) is 23.1. The highest BCUT2D eigenvalue weighted by molar-refractivity contribution is 6.31. The molecule has 6 rings (SSSR count). The minimum Gasteiger partial charge on any atom is -0.383 e. The van der Waals surface area contributed by atoms with Gasteiger partial charge >= 0.3 is 0 Å². The summed E-state index contributed by atoms with van der Waals surface area (Å²) in [5.41, 5.74) is 5.16. The Morgan fingerprint density at radius 2 is 1.53 bits per heavy atom. The second-order valence-electron chi connectivity index (χ2n) is 10.3. The molecule has 2 aromatic heterocycles. The molecular weight excluding hydrogens is 570 g/mol. The molecule has 0 atom stereocenters. The Morgan fingerprint density at radius 1 is 0.884 bits per heavy atom. The van der Waals surface area contributed by atoms with Crippen molar-refractivity contribution in [2.24, 2.45) is 0 Å². The summed E-state index contributed by atoms with van der Waals surface area (Å²) in [5.74, 6) is -0.772. The molecule has 3 aromatic carbocycles. The van der Waals surface area contributed by atoms with E-state index in [1.807, 2.05) is 30.5 Å². The number of hydrogen-bond acceptors (Lipinski definition) is 6. The van der Waals surface area contributed by atoms with E-state index in [0.29, 0.717) is 48.9 Å². The molecule has 10 heteroatoms. The first-order chi connectivity index (χ1) is 20.9. The Morgan fingerprint density at radius 3 is 2.19 bits per heavy atom. The standard InChI is InChI=1S/C33H27ClF2N6O/c34-26-5-10-30-31(11-12-37-32(30)17-26)38-13-14-42-21-29(39-40-42)20-41-18-24(15-22-1-6-27(35)7-2-22)33(43)25(19-41)16-23-3-8-28(36)9-4-23/h1-12,15-17,21H,13-14,18-20H2,(H,37,38). The van der Waals surface area contributed by atoms with E-state index in [0.717, 1.165) is 33.4 Å². The summed E-state index contributed by atoms with van der Waals surface area (Å²) in [5, 5.41) is 13.7. The lowest BCUT2D eigenvalue weighted by Gasteiger charge is -2.29. The van der Waals surface area contributed by atoms with Crippen molar-refractivity contribution < 1.29 is 13.6 Å². The fourth-order valence-electron chi connectivity index (χ4n) is 5.07. The zero-order chi connectivity index (χ0) is 29.8. The van der Waals surface area contributed by atoms with Crippen molar-refractivity contribution in [2.75, 3.05) is 25.0 Å². The highest BCUT2D eigenvalue weighted by Gasteiger charge is 2.27. The van der Waals surface area contributed by atoms with Crippen LogP contribution < -0.4 is 5.32 Å². The normalized spacial score (nSPS) is 15.9. The van der Waals surface area contributed by atoms with Gasteiger partial charge in [0.25, 0.3) is 0 Å². The average molecular weight is 597 g/mol. The van der Waals surface area contributed by atoms with Gasteiger partial charge in [-0.15, -0.1) is 5.10 Å². The number of likely N-dealkylation sites (tertiary alicyclic amines) is 1. The first-order valence-electron chi connectivity index (χ1n) is 13.8. The maximum atomic E-state index is 13.5. The summed E-state index contributed by atoms with van der Waals surface area (Å²) in [6.45, 7) is 2.47. The molecule has 0 radical (unpaired) electrons. The molecule has 0 unspecified atom stereocenters. The monoisotopic (exact) mass is 596 g/mol. The molecule has 1 saturated heterocycles. The largest absolute Gasteiger partial charge is 0.383 e. The van der Waals surface area contributed by atoms with E-state index in [2.05, 4.69) is 25.5 Å². The third-order valence-corrected chi connectivity index (χ3v) is 7.36. The summed E-state index contributed by atoms with van der Waals surface area (Å²) in [7, 11) is 0. The van der Waals surface area contributed by atoms with Crippen LogP contribution in [0.2, 0.25) is 5.02 Å². The van der Waals surface area contributed by atoms with Crippen LogP contribution in [-0.4, -0.2) is 50.3 Å². The molecule has 0 aliphatic carbocycles. The lowest BCUT2D eigenvalue weighted by molar-refractivity contribution is -0.113. The zero-order valence-corrected chi connectivity index (χ0v) is 23.8. The minimum absolute atomic E-state index is 0.0921. The van der Waals surface area contributed by atoms with Crippen molar-refractivity contribution in [3.63, 3.8) is 0 Å². The maximum Gasteiger partial charge on any atom is 0.187 e. The van der Waals surface area contributed by atoms with Gasteiger partial charge in [0, 0.05) is 65.8 Å². The fraction of sp³-hybridized carbons (Fsp3) is 0.152. The Kier molecular flexibility index (Phi) is 8.35. The predicted octanol–water partition coefficient (Wildman–Crippen LogP) is 6.42. The molecule has 43 heavy (non-hydrogen) atoms. The Balaban J connectivity index is 1.16. The summed E-state index contributed by atoms with van der Waals surface area (Å²) < 4.78 is 28.7. The van der Waals surface area contributed by atoms with Gasteiger partial charge in [-0.25, -0.2) is 8.78 Å². The summed E-state index contributed by atoms with van der Waals surface area (Å²) in [4.78, 5) is 19.9. The van der Waals surface area contributed by atoms with Gasteiger partial charge in [-0.1, -0.05) is 41.1 Å². The summed E-state index contributed by atoms with van der Waals surface area (Å²) in [6, 6.07) is 19.6. The first kappa shape index (κ1) is 28.4. The van der Waals surface area contributed by atoms with E-state index in [-0.39, 0.29) is 17.4 Å². The van der Waals surface area contributed by atoms with Crippen molar-refractivity contribution in [3.8, 4) is 0 Å². The predicted molar refractivity (Wildman–Crippen MR) is 164 cm³/mol. The van der Waals surface area contributed by atoms with E-state index in [4.69, 9.17) is 11.6 Å². The molecule has 0 spiro atoms. The molecule has 1 fully saturated rings. The number of piperidine rings is 1. The van der Waals surface area contributed by atoms with Crippen LogP contribution in [0.4, 0.5) is 14.5 Å². The molecule has 5 aromatic rings. The first-order valence-corrected chi connectivity index (χ1v) is 14.1. The smallest absolute Gasteiger partial charge is 0.187 e. The second kappa shape index (κ2) is 12.6. The molecule has 7 nitrogen and oxygen atoms in total. The Labute approximate surface area is 252 Å². The number of aromatic nitrogens is 4. The van der Waals surface area contributed by atoms with E-state index in [9.17, 15) is 13.6 Å². The van der Waals surface area contributed by atoms with Crippen molar-refractivity contribution in [2.45, 2.75) is 13.1 Å². The highest BCUT2D eigenvalue weighted by atomic mass is 35.5. The number of rotatable bonds is 8. The molecule has 0 bridgehead atoms. The molecule has 0 amide bonds. The number of nitrogens with zero attached hydrogens (tertiary/aromatic N) is 5. The van der Waals surface area contributed by atoms with E-state index in [1.165, 1.54) is 24.3 Å². The van der Waals surface area contributed by atoms with Gasteiger partial charge < -0.3 is 5.32 Å². The van der Waals surface area contributed by atoms with Crippen LogP contribution in [0.15, 0.2) is 96.3 Å². The average Bonchev–Trinajstić information content (AvgIpc) is 3.44. The minimum atomic E-state index is -0.340. The van der Waals surface area contributed by atoms with E-state index < -0.39 is 0 Å². The lowest BCUT2D eigenvalue weighted by atomic mass is 9.94. The molecular formula is C33H27ClF2N6O. The number of fused-ring (bicyclic) bond motifs is 1. The lowest BCUT2D eigenvalue weighted by Crippen LogP contribution is -2.37. The van der Waals surface area contributed by atoms with Gasteiger partial charge in [0.1, 0.15) is 11.6 Å². The van der Waals surface area contributed by atoms with Crippen molar-refractivity contribution in [3.05, 3.63) is 130 Å². The fourth-order valence-corrected chi connectivity index (χ4v) is 5.24. The second-order valence-corrected chi connectivity index (χ2v) is 10.8. The van der Waals surface area contributed by atoms with Crippen molar-refractivity contribution in [1.29, 1.82) is 0 Å². The number of ketones is 1. The molecule has 0 saturated carbocycles. The van der Waals surface area contributed by atoms with Gasteiger partial charge in [-0.3, -0.25) is 19.4 Å². The van der Waals surface area contributed by atoms with Crippen LogP contribution in [0.5, 0.6) is 0 Å². The third kappa shape index (κ3) is 7.02. The van der Waals surface area contributed by atoms with E-state index >= 15 is 0 Å². The van der Waals surface area contributed by atoms with Crippen LogP contribution in [0, 0.1) is 11.6 Å². The van der Waals surface area contributed by atoms with Crippen LogP contribution in [0.3, 0.4) is 0 Å². The van der Waals surface area contributed by atoms with Crippen molar-refractivity contribution >= 4 is 46.1 Å². The van der Waals surface area contributed by atoms with Crippen LogP contribution in [0.25, 0.3) is 23.1 Å². The van der Waals surface area contributed by atoms with Crippen LogP contribution in [0.1, 0.15) is 16.8 Å². The third-order valence-electron chi connectivity index (χ3n) is 7.13. The van der Waals surface area contributed by atoms with Gasteiger partial charge in [0.2, 0.25) is 0 Å². The number of carbonyl (C=O) groups excluding carboxylic acids is 1. The quantitative estimate of drug-likeness (QED) is 0.208. The number of Topliss-reactive ketones (excluding diaryl/α,β-unsaturated/α-hetero) is 1. The van der Waals surface area contributed by atoms with Gasteiger partial charge in [-0.2, -0.15) is 0 Å².